The summed E-state index contributed by atoms with van der Waals surface area (Å²) in [6, 6.07) is 1.90. The Morgan fingerprint density at radius 3 is 2.80 bits per heavy atom. The van der Waals surface area contributed by atoms with Gasteiger partial charge >= 0.3 is 0 Å². The molecule has 0 atom stereocenters. The number of rotatable bonds is 4. The Hall–Kier alpha value is -2.18. The molecule has 1 aliphatic rings. The van der Waals surface area contributed by atoms with E-state index in [2.05, 4.69) is 30.0 Å². The number of aromatic nitrogens is 5. The first-order chi connectivity index (χ1) is 9.86. The molecule has 7 heteroatoms. The van der Waals surface area contributed by atoms with Crippen molar-refractivity contribution in [2.45, 2.75) is 25.7 Å². The minimum atomic E-state index is 0.460. The summed E-state index contributed by atoms with van der Waals surface area (Å²) in [5.74, 6) is 3.01. The van der Waals surface area contributed by atoms with E-state index in [1.807, 2.05) is 13.0 Å². The van der Waals surface area contributed by atoms with Crippen LogP contribution in [0, 0.1) is 0 Å². The van der Waals surface area contributed by atoms with Crippen molar-refractivity contribution >= 4 is 5.82 Å². The topological polar surface area (TPSA) is 79.8 Å². The van der Waals surface area contributed by atoms with E-state index >= 15 is 0 Å². The van der Waals surface area contributed by atoms with Crippen molar-refractivity contribution in [2.24, 2.45) is 0 Å². The maximum Gasteiger partial charge on any atom is 0.218 e. The van der Waals surface area contributed by atoms with E-state index in [9.17, 15) is 0 Å². The first kappa shape index (κ1) is 12.8. The number of nitrogens with zero attached hydrogens (tertiary/aromatic N) is 5. The summed E-state index contributed by atoms with van der Waals surface area (Å²) in [5.41, 5.74) is 0. The summed E-state index contributed by atoms with van der Waals surface area (Å²) in [4.78, 5) is 14.9. The highest BCUT2D eigenvalue weighted by Crippen LogP contribution is 2.28. The van der Waals surface area contributed by atoms with Crippen LogP contribution in [0.3, 0.4) is 0 Å². The molecule has 0 aromatic carbocycles. The Morgan fingerprint density at radius 1 is 1.25 bits per heavy atom. The van der Waals surface area contributed by atoms with Gasteiger partial charge in [0.15, 0.2) is 0 Å². The van der Waals surface area contributed by atoms with Crippen LogP contribution in [0.2, 0.25) is 0 Å². The molecule has 7 nitrogen and oxygen atoms in total. The van der Waals surface area contributed by atoms with Crippen LogP contribution >= 0.6 is 0 Å². The number of ether oxygens (including phenoxy) is 1. The van der Waals surface area contributed by atoms with Gasteiger partial charge in [-0.05, 0) is 19.8 Å². The molecule has 2 aromatic rings. The zero-order valence-corrected chi connectivity index (χ0v) is 11.5. The monoisotopic (exact) mass is 274 g/mol. The highest BCUT2D eigenvalue weighted by Gasteiger charge is 2.23. The van der Waals surface area contributed by atoms with Crippen molar-refractivity contribution in [3.63, 3.8) is 0 Å². The Labute approximate surface area is 117 Å². The van der Waals surface area contributed by atoms with Crippen LogP contribution in [0.4, 0.5) is 5.82 Å². The van der Waals surface area contributed by atoms with E-state index in [1.54, 1.807) is 12.7 Å². The fraction of sp³-hybridized carbons (Fsp3) is 0.538. The van der Waals surface area contributed by atoms with Crippen LogP contribution in [0.15, 0.2) is 18.7 Å². The summed E-state index contributed by atoms with van der Waals surface area (Å²) in [6.45, 7) is 4.47. The molecular weight excluding hydrogens is 256 g/mol. The third-order valence-corrected chi connectivity index (χ3v) is 3.56. The van der Waals surface area contributed by atoms with Crippen molar-refractivity contribution in [3.05, 3.63) is 24.5 Å². The maximum atomic E-state index is 5.42. The SMILES string of the molecule is CCOc1cc(N2CCC(c3ncn[nH]3)CC2)ncn1. The molecule has 0 aliphatic carbocycles. The lowest BCUT2D eigenvalue weighted by molar-refractivity contribution is 0.326. The maximum absolute atomic E-state index is 5.42. The third kappa shape index (κ3) is 2.71. The molecule has 1 N–H and O–H groups in total. The first-order valence-electron chi connectivity index (χ1n) is 6.92. The number of hydrogen-bond donors (Lipinski definition) is 1. The van der Waals surface area contributed by atoms with Gasteiger partial charge < -0.3 is 9.64 Å². The minimum absolute atomic E-state index is 0.460. The lowest BCUT2D eigenvalue weighted by Gasteiger charge is -2.31. The second-order valence-corrected chi connectivity index (χ2v) is 4.78. The van der Waals surface area contributed by atoms with E-state index in [4.69, 9.17) is 4.74 Å². The zero-order valence-electron chi connectivity index (χ0n) is 11.5. The molecule has 0 radical (unpaired) electrons. The highest BCUT2D eigenvalue weighted by molar-refractivity contribution is 5.41. The second kappa shape index (κ2) is 5.85. The van der Waals surface area contributed by atoms with Crippen LogP contribution in [0.5, 0.6) is 5.88 Å². The van der Waals surface area contributed by atoms with Gasteiger partial charge in [0.1, 0.15) is 24.3 Å². The second-order valence-electron chi connectivity index (χ2n) is 4.78. The molecule has 20 heavy (non-hydrogen) atoms. The Morgan fingerprint density at radius 2 is 2.10 bits per heavy atom. The predicted molar refractivity (Wildman–Crippen MR) is 73.8 cm³/mol. The van der Waals surface area contributed by atoms with Gasteiger partial charge in [-0.3, -0.25) is 5.10 Å². The van der Waals surface area contributed by atoms with Gasteiger partial charge in [-0.15, -0.1) is 0 Å². The molecule has 3 heterocycles. The standard InChI is InChI=1S/C13H18N6O/c1-2-20-12-7-11(14-8-15-12)19-5-3-10(4-6-19)13-16-9-17-18-13/h7-10H,2-6H2,1H3,(H,16,17,18). The number of nitrogens with one attached hydrogen (secondary N) is 1. The van der Waals surface area contributed by atoms with Gasteiger partial charge in [-0.1, -0.05) is 0 Å². The third-order valence-electron chi connectivity index (χ3n) is 3.56. The summed E-state index contributed by atoms with van der Waals surface area (Å²) < 4.78 is 5.42. The molecule has 0 bridgehead atoms. The van der Waals surface area contributed by atoms with Crippen molar-refractivity contribution in [3.8, 4) is 5.88 Å². The number of H-pyrrole nitrogens is 1. The summed E-state index contributed by atoms with van der Waals surface area (Å²) in [6.07, 6.45) is 5.22. The number of aromatic amines is 1. The first-order valence-corrected chi connectivity index (χ1v) is 6.92. The summed E-state index contributed by atoms with van der Waals surface area (Å²) in [7, 11) is 0. The van der Waals surface area contributed by atoms with Crippen molar-refractivity contribution in [1.82, 2.24) is 25.1 Å². The van der Waals surface area contributed by atoms with Crippen LogP contribution in [-0.4, -0.2) is 44.8 Å². The number of piperidine rings is 1. The van der Waals surface area contributed by atoms with E-state index in [-0.39, 0.29) is 0 Å². The lowest BCUT2D eigenvalue weighted by atomic mass is 9.96. The van der Waals surface area contributed by atoms with Gasteiger partial charge in [-0.25, -0.2) is 15.0 Å². The molecule has 0 amide bonds. The molecule has 106 valence electrons. The molecule has 0 saturated carbocycles. The van der Waals surface area contributed by atoms with Crippen LogP contribution in [0.25, 0.3) is 0 Å². The van der Waals surface area contributed by atoms with E-state index in [0.717, 1.165) is 37.6 Å². The summed E-state index contributed by atoms with van der Waals surface area (Å²) in [5, 5.41) is 6.88. The Bertz CT molecular complexity index is 536. The normalized spacial score (nSPS) is 16.4. The van der Waals surface area contributed by atoms with E-state index in [1.165, 1.54) is 0 Å². The minimum Gasteiger partial charge on any atom is -0.478 e. The molecule has 1 fully saturated rings. The predicted octanol–water partition coefficient (Wildman–Crippen LogP) is 1.38. The van der Waals surface area contributed by atoms with Crippen molar-refractivity contribution < 1.29 is 4.74 Å². The van der Waals surface area contributed by atoms with Crippen molar-refractivity contribution in [2.75, 3.05) is 24.6 Å². The average Bonchev–Trinajstić information content (AvgIpc) is 3.02. The zero-order chi connectivity index (χ0) is 13.8. The molecule has 3 rings (SSSR count). The molecule has 1 aliphatic heterocycles. The highest BCUT2D eigenvalue weighted by atomic mass is 16.5. The van der Waals surface area contributed by atoms with Crippen LogP contribution in [-0.2, 0) is 0 Å². The summed E-state index contributed by atoms with van der Waals surface area (Å²) >= 11 is 0. The van der Waals surface area contributed by atoms with Gasteiger partial charge in [0.05, 0.1) is 6.61 Å². The molecule has 2 aromatic heterocycles. The smallest absolute Gasteiger partial charge is 0.218 e. The van der Waals surface area contributed by atoms with E-state index in [0.29, 0.717) is 18.4 Å². The van der Waals surface area contributed by atoms with Crippen LogP contribution in [0.1, 0.15) is 31.5 Å². The number of hydrogen-bond acceptors (Lipinski definition) is 6. The lowest BCUT2D eigenvalue weighted by Crippen LogP contribution is -2.33. The Balaban J connectivity index is 1.64. The number of anilines is 1. The van der Waals surface area contributed by atoms with Gasteiger partial charge in [0.25, 0.3) is 0 Å². The van der Waals surface area contributed by atoms with Gasteiger partial charge in [0, 0.05) is 25.1 Å². The fourth-order valence-corrected chi connectivity index (χ4v) is 2.52. The van der Waals surface area contributed by atoms with E-state index < -0.39 is 0 Å². The molecular formula is C13H18N6O. The Kier molecular flexibility index (Phi) is 3.76. The largest absolute Gasteiger partial charge is 0.478 e. The van der Waals surface area contributed by atoms with Gasteiger partial charge in [0.2, 0.25) is 5.88 Å². The average molecular weight is 274 g/mol. The quantitative estimate of drug-likeness (QED) is 0.907. The molecule has 0 unspecified atom stereocenters. The van der Waals surface area contributed by atoms with Gasteiger partial charge in [-0.2, -0.15) is 5.10 Å². The fourth-order valence-electron chi connectivity index (χ4n) is 2.52. The van der Waals surface area contributed by atoms with Crippen LogP contribution < -0.4 is 9.64 Å². The van der Waals surface area contributed by atoms with Crippen molar-refractivity contribution in [1.29, 1.82) is 0 Å². The molecule has 0 spiro atoms. The molecule has 1 saturated heterocycles.